The van der Waals surface area contributed by atoms with E-state index < -0.39 is 0 Å². The fourth-order valence-electron chi connectivity index (χ4n) is 2.28. The molecule has 0 bridgehead atoms. The largest absolute Gasteiger partial charge is 0.397 e. The Labute approximate surface area is 104 Å². The highest BCUT2D eigenvalue weighted by Crippen LogP contribution is 2.29. The summed E-state index contributed by atoms with van der Waals surface area (Å²) in [4.78, 5) is 2.39. The van der Waals surface area contributed by atoms with Crippen LogP contribution in [0.25, 0.3) is 0 Å². The van der Waals surface area contributed by atoms with Gasteiger partial charge in [-0.25, -0.2) is 0 Å². The average molecular weight is 233 g/mol. The summed E-state index contributed by atoms with van der Waals surface area (Å²) in [5, 5.41) is 3.37. The van der Waals surface area contributed by atoms with E-state index in [1.165, 1.54) is 17.7 Å². The van der Waals surface area contributed by atoms with Crippen LogP contribution >= 0.6 is 0 Å². The van der Waals surface area contributed by atoms with Gasteiger partial charge in [0, 0.05) is 26.2 Å². The van der Waals surface area contributed by atoms with E-state index in [9.17, 15) is 0 Å². The standard InChI is InChI=1S/C14H23N3/c1-3-11(2)12-4-5-13(15)14(10-12)17-8-6-16-7-9-17/h4-5,10-11,16H,3,6-9,15H2,1-2H3. The normalized spacial score (nSPS) is 18.1. The minimum atomic E-state index is 0.609. The van der Waals surface area contributed by atoms with E-state index in [1.807, 2.05) is 0 Å². The molecule has 3 N–H and O–H groups in total. The first-order chi connectivity index (χ1) is 8.22. The molecule has 0 aromatic heterocycles. The molecule has 0 saturated carbocycles. The summed E-state index contributed by atoms with van der Waals surface area (Å²) in [6.45, 7) is 8.70. The second kappa shape index (κ2) is 5.41. The number of benzene rings is 1. The van der Waals surface area contributed by atoms with E-state index in [4.69, 9.17) is 5.73 Å². The van der Waals surface area contributed by atoms with E-state index in [0.717, 1.165) is 31.9 Å². The van der Waals surface area contributed by atoms with Crippen molar-refractivity contribution in [2.45, 2.75) is 26.2 Å². The Morgan fingerprint density at radius 2 is 2.06 bits per heavy atom. The second-order valence-electron chi connectivity index (χ2n) is 4.86. The summed E-state index contributed by atoms with van der Waals surface area (Å²) in [6, 6.07) is 6.49. The number of hydrogen-bond acceptors (Lipinski definition) is 3. The summed E-state index contributed by atoms with van der Waals surface area (Å²) in [7, 11) is 0. The van der Waals surface area contributed by atoms with Gasteiger partial charge in [-0.05, 0) is 30.0 Å². The molecule has 3 heteroatoms. The van der Waals surface area contributed by atoms with Gasteiger partial charge in [-0.3, -0.25) is 0 Å². The zero-order valence-electron chi connectivity index (χ0n) is 10.9. The predicted octanol–water partition coefficient (Wildman–Crippen LogP) is 2.19. The SMILES string of the molecule is CCC(C)c1ccc(N)c(N2CCNCC2)c1. The van der Waals surface area contributed by atoms with Crippen LogP contribution in [0.3, 0.4) is 0 Å². The van der Waals surface area contributed by atoms with Crippen LogP contribution in [0.4, 0.5) is 11.4 Å². The Morgan fingerprint density at radius 1 is 1.35 bits per heavy atom. The van der Waals surface area contributed by atoms with Crippen molar-refractivity contribution in [3.05, 3.63) is 23.8 Å². The molecule has 1 aliphatic heterocycles. The molecule has 1 aromatic rings. The van der Waals surface area contributed by atoms with Gasteiger partial charge >= 0.3 is 0 Å². The molecule has 1 fully saturated rings. The number of rotatable bonds is 3. The van der Waals surface area contributed by atoms with Crippen LogP contribution in [0, 0.1) is 0 Å². The molecule has 0 spiro atoms. The van der Waals surface area contributed by atoms with Gasteiger partial charge in [0.25, 0.3) is 0 Å². The van der Waals surface area contributed by atoms with E-state index in [2.05, 4.69) is 42.3 Å². The van der Waals surface area contributed by atoms with E-state index >= 15 is 0 Å². The number of piperazine rings is 1. The number of nitrogens with zero attached hydrogens (tertiary/aromatic N) is 1. The lowest BCUT2D eigenvalue weighted by molar-refractivity contribution is 0.589. The number of nitrogens with two attached hydrogens (primary N) is 1. The lowest BCUT2D eigenvalue weighted by Crippen LogP contribution is -2.43. The Hall–Kier alpha value is -1.22. The number of nitrogens with one attached hydrogen (secondary N) is 1. The first-order valence-electron chi connectivity index (χ1n) is 6.57. The van der Waals surface area contributed by atoms with Crippen molar-refractivity contribution < 1.29 is 0 Å². The van der Waals surface area contributed by atoms with Gasteiger partial charge in [-0.1, -0.05) is 19.9 Å². The van der Waals surface area contributed by atoms with Crippen LogP contribution < -0.4 is 16.0 Å². The highest BCUT2D eigenvalue weighted by Gasteiger charge is 2.14. The predicted molar refractivity (Wildman–Crippen MR) is 74.6 cm³/mol. The Bertz CT molecular complexity index is 370. The van der Waals surface area contributed by atoms with E-state index in [1.54, 1.807) is 0 Å². The van der Waals surface area contributed by atoms with Gasteiger partial charge in [-0.2, -0.15) is 0 Å². The first kappa shape index (κ1) is 12.2. The maximum absolute atomic E-state index is 6.10. The van der Waals surface area contributed by atoms with Gasteiger partial charge in [-0.15, -0.1) is 0 Å². The lowest BCUT2D eigenvalue weighted by Gasteiger charge is -2.31. The molecule has 1 aliphatic rings. The first-order valence-corrected chi connectivity index (χ1v) is 6.57. The van der Waals surface area contributed by atoms with Gasteiger partial charge in [0.1, 0.15) is 0 Å². The zero-order valence-corrected chi connectivity index (χ0v) is 10.9. The summed E-state index contributed by atoms with van der Waals surface area (Å²) in [5.41, 5.74) is 9.61. The van der Waals surface area contributed by atoms with Gasteiger partial charge in [0.15, 0.2) is 0 Å². The molecule has 0 aliphatic carbocycles. The highest BCUT2D eigenvalue weighted by molar-refractivity contribution is 5.69. The molecule has 1 heterocycles. The summed E-state index contributed by atoms with van der Waals surface area (Å²) >= 11 is 0. The maximum atomic E-state index is 6.10. The minimum absolute atomic E-state index is 0.609. The van der Waals surface area contributed by atoms with Crippen molar-refractivity contribution >= 4 is 11.4 Å². The zero-order chi connectivity index (χ0) is 12.3. The summed E-state index contributed by atoms with van der Waals surface area (Å²) in [6.07, 6.45) is 1.17. The fraction of sp³-hybridized carbons (Fsp3) is 0.571. The Morgan fingerprint density at radius 3 is 2.71 bits per heavy atom. The molecule has 94 valence electrons. The maximum Gasteiger partial charge on any atom is 0.0603 e. The topological polar surface area (TPSA) is 41.3 Å². The van der Waals surface area contributed by atoms with Crippen molar-refractivity contribution in [2.24, 2.45) is 0 Å². The molecule has 1 saturated heterocycles. The monoisotopic (exact) mass is 233 g/mol. The second-order valence-corrected chi connectivity index (χ2v) is 4.86. The quantitative estimate of drug-likeness (QED) is 0.786. The van der Waals surface area contributed by atoms with Crippen molar-refractivity contribution in [1.82, 2.24) is 5.32 Å². The smallest absolute Gasteiger partial charge is 0.0603 e. The van der Waals surface area contributed by atoms with Crippen LogP contribution in [0.5, 0.6) is 0 Å². The number of nitrogen functional groups attached to an aromatic ring is 1. The molecule has 2 rings (SSSR count). The van der Waals surface area contributed by atoms with Gasteiger partial charge < -0.3 is 16.0 Å². The number of hydrogen-bond donors (Lipinski definition) is 2. The molecular weight excluding hydrogens is 210 g/mol. The van der Waals surface area contributed by atoms with E-state index in [-0.39, 0.29) is 0 Å². The van der Waals surface area contributed by atoms with Crippen LogP contribution in [-0.2, 0) is 0 Å². The molecule has 3 nitrogen and oxygen atoms in total. The summed E-state index contributed by atoms with van der Waals surface area (Å²) < 4.78 is 0. The Kier molecular flexibility index (Phi) is 3.89. The van der Waals surface area contributed by atoms with Crippen molar-refractivity contribution in [3.8, 4) is 0 Å². The van der Waals surface area contributed by atoms with Crippen LogP contribution in [-0.4, -0.2) is 26.2 Å². The molecule has 17 heavy (non-hydrogen) atoms. The summed E-state index contributed by atoms with van der Waals surface area (Å²) in [5.74, 6) is 0.609. The molecule has 1 atom stereocenters. The van der Waals surface area contributed by atoms with Crippen molar-refractivity contribution in [2.75, 3.05) is 36.8 Å². The lowest BCUT2D eigenvalue weighted by atomic mass is 9.97. The molecule has 1 aromatic carbocycles. The van der Waals surface area contributed by atoms with Gasteiger partial charge in [0.2, 0.25) is 0 Å². The third-order valence-electron chi connectivity index (χ3n) is 3.69. The molecule has 0 amide bonds. The highest BCUT2D eigenvalue weighted by atomic mass is 15.2. The van der Waals surface area contributed by atoms with Gasteiger partial charge in [0.05, 0.1) is 11.4 Å². The Balaban J connectivity index is 2.25. The van der Waals surface area contributed by atoms with Crippen LogP contribution in [0.1, 0.15) is 31.7 Å². The minimum Gasteiger partial charge on any atom is -0.397 e. The molecular formula is C14H23N3. The number of anilines is 2. The third-order valence-corrected chi connectivity index (χ3v) is 3.69. The molecule has 1 unspecified atom stereocenters. The third kappa shape index (κ3) is 2.72. The molecule has 0 radical (unpaired) electrons. The van der Waals surface area contributed by atoms with Crippen molar-refractivity contribution in [3.63, 3.8) is 0 Å². The van der Waals surface area contributed by atoms with Crippen molar-refractivity contribution in [1.29, 1.82) is 0 Å². The van der Waals surface area contributed by atoms with E-state index in [0.29, 0.717) is 5.92 Å². The van der Waals surface area contributed by atoms with Crippen LogP contribution in [0.15, 0.2) is 18.2 Å². The average Bonchev–Trinajstić information content (AvgIpc) is 2.39. The fourth-order valence-corrected chi connectivity index (χ4v) is 2.28. The van der Waals surface area contributed by atoms with Crippen LogP contribution in [0.2, 0.25) is 0 Å².